The molecule has 1 aliphatic rings. The van der Waals surface area contributed by atoms with Crippen LogP contribution in [0.5, 0.6) is 0 Å². The lowest BCUT2D eigenvalue weighted by molar-refractivity contribution is 0.321. The lowest BCUT2D eigenvalue weighted by Crippen LogP contribution is -2.44. The Hall–Kier alpha value is -0.910. The SMILES string of the molecule is C[C@H](C1CC1)N(C)S(=O)(=O)N(C)Cc1ccccc1. The van der Waals surface area contributed by atoms with Crippen LogP contribution in [-0.2, 0) is 16.8 Å². The lowest BCUT2D eigenvalue weighted by atomic mass is 10.2. The molecule has 1 aliphatic carbocycles. The van der Waals surface area contributed by atoms with Crippen LogP contribution < -0.4 is 0 Å². The van der Waals surface area contributed by atoms with Gasteiger partial charge in [0.25, 0.3) is 10.2 Å². The molecule has 0 spiro atoms. The van der Waals surface area contributed by atoms with Gasteiger partial charge in [0.15, 0.2) is 0 Å². The molecule has 0 bridgehead atoms. The van der Waals surface area contributed by atoms with Gasteiger partial charge in [-0.25, -0.2) is 0 Å². The van der Waals surface area contributed by atoms with Crippen LogP contribution in [0.1, 0.15) is 25.3 Å². The molecule has 0 unspecified atom stereocenters. The van der Waals surface area contributed by atoms with Crippen molar-refractivity contribution in [1.82, 2.24) is 8.61 Å². The highest BCUT2D eigenvalue weighted by Gasteiger charge is 2.36. The van der Waals surface area contributed by atoms with E-state index in [1.807, 2.05) is 37.3 Å². The summed E-state index contributed by atoms with van der Waals surface area (Å²) >= 11 is 0. The molecule has 0 heterocycles. The zero-order valence-electron chi connectivity index (χ0n) is 11.8. The van der Waals surface area contributed by atoms with Crippen molar-refractivity contribution in [2.75, 3.05) is 14.1 Å². The monoisotopic (exact) mass is 282 g/mol. The molecule has 1 fully saturated rings. The van der Waals surface area contributed by atoms with E-state index in [-0.39, 0.29) is 6.04 Å². The fraction of sp³-hybridized carbons (Fsp3) is 0.571. The van der Waals surface area contributed by atoms with Crippen molar-refractivity contribution in [2.45, 2.75) is 32.4 Å². The molecular weight excluding hydrogens is 260 g/mol. The van der Waals surface area contributed by atoms with Crippen LogP contribution in [0.25, 0.3) is 0 Å². The predicted molar refractivity (Wildman–Crippen MR) is 76.8 cm³/mol. The molecule has 19 heavy (non-hydrogen) atoms. The molecule has 0 aromatic heterocycles. The Kier molecular flexibility index (Phi) is 4.28. The Bertz CT molecular complexity index is 512. The second-order valence-corrected chi connectivity index (χ2v) is 7.44. The second-order valence-electron chi connectivity index (χ2n) is 5.34. The first-order chi connectivity index (χ1) is 8.93. The topological polar surface area (TPSA) is 40.6 Å². The number of hydrogen-bond acceptors (Lipinski definition) is 2. The van der Waals surface area contributed by atoms with E-state index in [0.29, 0.717) is 12.5 Å². The summed E-state index contributed by atoms with van der Waals surface area (Å²) in [7, 11) is -0.0570. The normalized spacial score (nSPS) is 17.9. The average Bonchev–Trinajstić information content (AvgIpc) is 3.22. The molecular formula is C14H22N2O2S. The quantitative estimate of drug-likeness (QED) is 0.801. The van der Waals surface area contributed by atoms with Gasteiger partial charge in [0.2, 0.25) is 0 Å². The van der Waals surface area contributed by atoms with Gasteiger partial charge < -0.3 is 0 Å². The van der Waals surface area contributed by atoms with E-state index >= 15 is 0 Å². The largest absolute Gasteiger partial charge is 0.282 e. The molecule has 2 rings (SSSR count). The second kappa shape index (κ2) is 5.61. The van der Waals surface area contributed by atoms with E-state index in [4.69, 9.17) is 0 Å². The lowest BCUT2D eigenvalue weighted by Gasteiger charge is -2.29. The molecule has 0 aliphatic heterocycles. The molecule has 1 saturated carbocycles. The maximum absolute atomic E-state index is 12.5. The van der Waals surface area contributed by atoms with Gasteiger partial charge in [-0.05, 0) is 31.2 Å². The third kappa shape index (κ3) is 3.35. The summed E-state index contributed by atoms with van der Waals surface area (Å²) in [6, 6.07) is 9.74. The van der Waals surface area contributed by atoms with Crippen LogP contribution in [-0.4, -0.2) is 37.2 Å². The van der Waals surface area contributed by atoms with Crippen molar-refractivity contribution in [2.24, 2.45) is 5.92 Å². The van der Waals surface area contributed by atoms with E-state index in [9.17, 15) is 8.42 Å². The van der Waals surface area contributed by atoms with Crippen molar-refractivity contribution in [3.63, 3.8) is 0 Å². The van der Waals surface area contributed by atoms with Gasteiger partial charge in [0.1, 0.15) is 0 Å². The summed E-state index contributed by atoms with van der Waals surface area (Å²) in [4.78, 5) is 0. The summed E-state index contributed by atoms with van der Waals surface area (Å²) in [6.45, 7) is 2.40. The van der Waals surface area contributed by atoms with Crippen molar-refractivity contribution >= 4 is 10.2 Å². The molecule has 1 atom stereocenters. The minimum Gasteiger partial charge on any atom is -0.195 e. The molecule has 5 heteroatoms. The molecule has 0 radical (unpaired) electrons. The maximum Gasteiger partial charge on any atom is 0.282 e. The van der Waals surface area contributed by atoms with Crippen molar-refractivity contribution in [1.29, 1.82) is 0 Å². The molecule has 0 N–H and O–H groups in total. The Balaban J connectivity index is 2.06. The maximum atomic E-state index is 12.5. The molecule has 1 aromatic carbocycles. The first-order valence-corrected chi connectivity index (χ1v) is 8.06. The Morgan fingerprint density at radius 2 is 1.79 bits per heavy atom. The van der Waals surface area contributed by atoms with E-state index in [1.54, 1.807) is 14.1 Å². The van der Waals surface area contributed by atoms with Crippen LogP contribution in [0.4, 0.5) is 0 Å². The smallest absolute Gasteiger partial charge is 0.195 e. The standard InChI is InChI=1S/C14H22N2O2S/c1-12(14-9-10-14)16(3)19(17,18)15(2)11-13-7-5-4-6-8-13/h4-8,12,14H,9-11H2,1-3H3/t12-/m1/s1. The zero-order valence-corrected chi connectivity index (χ0v) is 12.6. The first-order valence-electron chi connectivity index (χ1n) is 6.66. The molecule has 0 amide bonds. The highest BCUT2D eigenvalue weighted by Crippen LogP contribution is 2.35. The highest BCUT2D eigenvalue weighted by molar-refractivity contribution is 7.86. The summed E-state index contributed by atoms with van der Waals surface area (Å²) in [5.41, 5.74) is 1.00. The fourth-order valence-electron chi connectivity index (χ4n) is 2.23. The van der Waals surface area contributed by atoms with Gasteiger partial charge in [-0.3, -0.25) is 0 Å². The minimum absolute atomic E-state index is 0.0863. The van der Waals surface area contributed by atoms with Crippen LogP contribution in [0, 0.1) is 5.92 Å². The predicted octanol–water partition coefficient (Wildman–Crippen LogP) is 2.09. The summed E-state index contributed by atoms with van der Waals surface area (Å²) in [5, 5.41) is 0. The van der Waals surface area contributed by atoms with Crippen molar-refractivity contribution in [3.8, 4) is 0 Å². The van der Waals surface area contributed by atoms with Gasteiger partial charge >= 0.3 is 0 Å². The Labute approximate surface area is 116 Å². The highest BCUT2D eigenvalue weighted by atomic mass is 32.2. The van der Waals surface area contributed by atoms with E-state index in [1.165, 1.54) is 8.61 Å². The molecule has 4 nitrogen and oxygen atoms in total. The van der Waals surface area contributed by atoms with Gasteiger partial charge in [-0.15, -0.1) is 0 Å². The van der Waals surface area contributed by atoms with Crippen LogP contribution >= 0.6 is 0 Å². The van der Waals surface area contributed by atoms with Gasteiger partial charge in [-0.1, -0.05) is 30.3 Å². The number of nitrogens with zero attached hydrogens (tertiary/aromatic N) is 2. The van der Waals surface area contributed by atoms with E-state index < -0.39 is 10.2 Å². The number of benzene rings is 1. The fourth-order valence-corrected chi connectivity index (χ4v) is 3.57. The molecule has 0 saturated heterocycles. The van der Waals surface area contributed by atoms with Crippen LogP contribution in [0.15, 0.2) is 30.3 Å². The van der Waals surface area contributed by atoms with Crippen LogP contribution in [0.3, 0.4) is 0 Å². The van der Waals surface area contributed by atoms with Crippen molar-refractivity contribution in [3.05, 3.63) is 35.9 Å². The Morgan fingerprint density at radius 1 is 1.21 bits per heavy atom. The van der Waals surface area contributed by atoms with Gasteiger partial charge in [0.05, 0.1) is 0 Å². The van der Waals surface area contributed by atoms with Gasteiger partial charge in [-0.2, -0.15) is 17.0 Å². The number of hydrogen-bond donors (Lipinski definition) is 0. The van der Waals surface area contributed by atoms with E-state index in [2.05, 4.69) is 0 Å². The average molecular weight is 282 g/mol. The zero-order chi connectivity index (χ0) is 14.0. The molecule has 1 aromatic rings. The minimum atomic E-state index is -3.37. The summed E-state index contributed by atoms with van der Waals surface area (Å²) in [5.74, 6) is 0.532. The number of rotatable bonds is 6. The van der Waals surface area contributed by atoms with Crippen molar-refractivity contribution < 1.29 is 8.42 Å². The van der Waals surface area contributed by atoms with Gasteiger partial charge in [0, 0.05) is 26.7 Å². The third-order valence-corrected chi connectivity index (χ3v) is 5.86. The Morgan fingerprint density at radius 3 is 2.32 bits per heavy atom. The summed E-state index contributed by atoms with van der Waals surface area (Å²) in [6.07, 6.45) is 2.28. The molecule has 106 valence electrons. The van der Waals surface area contributed by atoms with Crippen LogP contribution in [0.2, 0.25) is 0 Å². The van der Waals surface area contributed by atoms with E-state index in [0.717, 1.165) is 18.4 Å². The first kappa shape index (κ1) is 14.5. The third-order valence-electron chi connectivity index (χ3n) is 3.88. The summed E-state index contributed by atoms with van der Waals surface area (Å²) < 4.78 is 27.8.